The van der Waals surface area contributed by atoms with Crippen LogP contribution in [0.3, 0.4) is 0 Å². The largest absolute Gasteiger partial charge is 0.457 e. The van der Waals surface area contributed by atoms with Crippen molar-refractivity contribution < 1.29 is 37.7 Å². The Morgan fingerprint density at radius 3 is 2.70 bits per heavy atom. The van der Waals surface area contributed by atoms with Crippen molar-refractivity contribution in [3.05, 3.63) is 34.4 Å². The smallest absolute Gasteiger partial charge is 0.335 e. The van der Waals surface area contributed by atoms with Gasteiger partial charge in [-0.05, 0) is 60.5 Å². The van der Waals surface area contributed by atoms with Gasteiger partial charge in [-0.2, -0.15) is 0 Å². The van der Waals surface area contributed by atoms with Crippen molar-refractivity contribution in [2.75, 3.05) is 0 Å². The topological polar surface area (TPSA) is 114 Å². The number of hydrogen-bond acceptors (Lipinski definition) is 9. The predicted molar refractivity (Wildman–Crippen MR) is 124 cm³/mol. The maximum Gasteiger partial charge on any atom is 0.335 e. The highest BCUT2D eigenvalue weighted by Gasteiger charge is 2.82. The Bertz CT molecular complexity index is 1240. The monoisotopic (exact) mass is 512 g/mol. The van der Waals surface area contributed by atoms with E-state index in [0.717, 1.165) is 37.5 Å². The van der Waals surface area contributed by atoms with E-state index in [0.29, 0.717) is 6.42 Å². The van der Waals surface area contributed by atoms with E-state index in [1.54, 1.807) is 13.2 Å². The molecule has 4 aliphatic carbocycles. The van der Waals surface area contributed by atoms with Gasteiger partial charge < -0.3 is 32.9 Å². The molecule has 13 atom stereocenters. The molecule has 4 saturated heterocycles. The molecule has 9 rings (SSSR count). The summed E-state index contributed by atoms with van der Waals surface area (Å²) in [7, 11) is 0. The lowest BCUT2D eigenvalue weighted by atomic mass is 9.41. The molecule has 0 unspecified atom stereocenters. The molecule has 9 heteroatoms. The first-order chi connectivity index (χ1) is 17.6. The van der Waals surface area contributed by atoms with E-state index in [2.05, 4.69) is 6.92 Å². The maximum absolute atomic E-state index is 13.4. The van der Waals surface area contributed by atoms with Crippen molar-refractivity contribution in [2.24, 2.45) is 28.6 Å². The summed E-state index contributed by atoms with van der Waals surface area (Å²) in [4.78, 5) is 37.1. The zero-order chi connectivity index (χ0) is 25.5. The molecule has 0 amide bonds. The SMILES string of the molecule is CC(=O)O[C@H]1[C@H]2O[C@@]3(C)O[C@@H]1C[C@]1(CC[C@H]4[C@H]5[C@@H]6O[C@@H]6[C@H](c6ccc(=O)oc6)[C@@]5(C)CC[C@@H]4[C@@]21C=O)O3. The molecule has 1 aromatic rings. The van der Waals surface area contributed by atoms with Crippen LogP contribution in [0.25, 0.3) is 0 Å². The van der Waals surface area contributed by atoms with E-state index in [9.17, 15) is 14.4 Å². The molecular formula is C28H32O9. The Morgan fingerprint density at radius 2 is 1.97 bits per heavy atom. The number of ether oxygens (including phenoxy) is 5. The molecular weight excluding hydrogens is 480 g/mol. The summed E-state index contributed by atoms with van der Waals surface area (Å²) in [5.41, 5.74) is -1.02. The highest BCUT2D eigenvalue weighted by atomic mass is 16.9. The van der Waals surface area contributed by atoms with E-state index in [1.807, 2.05) is 6.07 Å². The Morgan fingerprint density at radius 1 is 1.14 bits per heavy atom. The molecule has 4 aliphatic heterocycles. The van der Waals surface area contributed by atoms with Crippen LogP contribution >= 0.6 is 0 Å². The normalized spacial score (nSPS) is 56.0. The van der Waals surface area contributed by atoms with Crippen LogP contribution in [0.5, 0.6) is 0 Å². The van der Waals surface area contributed by atoms with Gasteiger partial charge in [0.15, 0.2) is 6.10 Å². The number of carbonyl (C=O) groups is 2. The fourth-order valence-corrected chi connectivity index (χ4v) is 10.3. The van der Waals surface area contributed by atoms with Crippen molar-refractivity contribution >= 4 is 12.3 Å². The summed E-state index contributed by atoms with van der Waals surface area (Å²) < 4.78 is 36.4. The third-order valence-corrected chi connectivity index (χ3v) is 11.3. The molecule has 4 bridgehead atoms. The second-order valence-electron chi connectivity index (χ2n) is 12.8. The molecule has 9 nitrogen and oxygen atoms in total. The minimum atomic E-state index is -1.24. The Balaban J connectivity index is 1.21. The standard InChI is InChI=1S/C28H32O9/c1-13(30)33-21-17-10-27-9-6-15-16(28(27,12-29)24(21)36-26(3,35-17)37-27)7-8-25(2)19(22-23(34-22)20(15)25)14-4-5-18(31)32-11-14/h4-5,11-12,15-17,19-24H,6-10H2,1-3H3/t15-,16+,17-,19+,20+,21-,22-,23+,24-,25-,26-,27+,28+/m1/s1. The van der Waals surface area contributed by atoms with Crippen LogP contribution in [0.15, 0.2) is 27.6 Å². The zero-order valence-electron chi connectivity index (χ0n) is 21.2. The lowest BCUT2D eigenvalue weighted by molar-refractivity contribution is -0.554. The van der Waals surface area contributed by atoms with Crippen LogP contribution in [0.1, 0.15) is 64.4 Å². The molecule has 5 heterocycles. The molecule has 0 radical (unpaired) electrons. The molecule has 37 heavy (non-hydrogen) atoms. The third-order valence-electron chi connectivity index (χ3n) is 11.3. The molecule has 8 aliphatic rings. The second-order valence-corrected chi connectivity index (χ2v) is 12.8. The average Bonchev–Trinajstić information content (AvgIpc) is 3.55. The zero-order valence-corrected chi connectivity index (χ0v) is 21.2. The van der Waals surface area contributed by atoms with Crippen molar-refractivity contribution in [3.63, 3.8) is 0 Å². The summed E-state index contributed by atoms with van der Waals surface area (Å²) in [6, 6.07) is 3.36. The fourth-order valence-electron chi connectivity index (χ4n) is 10.3. The van der Waals surface area contributed by atoms with E-state index in [1.165, 1.54) is 13.0 Å². The van der Waals surface area contributed by atoms with E-state index in [-0.39, 0.29) is 53.0 Å². The van der Waals surface area contributed by atoms with Gasteiger partial charge in [-0.25, -0.2) is 4.79 Å². The van der Waals surface area contributed by atoms with Gasteiger partial charge in [0, 0.05) is 32.3 Å². The maximum atomic E-state index is 13.4. The number of epoxide rings is 1. The van der Waals surface area contributed by atoms with Crippen molar-refractivity contribution in [1.29, 1.82) is 0 Å². The molecule has 1 aromatic heterocycles. The number of fused-ring (bicyclic) bond motifs is 5. The van der Waals surface area contributed by atoms with Gasteiger partial charge in [0.05, 0.1) is 29.5 Å². The van der Waals surface area contributed by atoms with Crippen molar-refractivity contribution in [3.8, 4) is 0 Å². The van der Waals surface area contributed by atoms with E-state index in [4.69, 9.17) is 28.1 Å². The van der Waals surface area contributed by atoms with Crippen LogP contribution in [0, 0.1) is 28.6 Å². The van der Waals surface area contributed by atoms with Crippen LogP contribution < -0.4 is 5.63 Å². The van der Waals surface area contributed by atoms with Crippen LogP contribution in [-0.4, -0.2) is 54.3 Å². The lowest BCUT2D eigenvalue weighted by Gasteiger charge is -2.73. The van der Waals surface area contributed by atoms with Crippen molar-refractivity contribution in [1.82, 2.24) is 0 Å². The van der Waals surface area contributed by atoms with Crippen LogP contribution in [0.4, 0.5) is 0 Å². The second kappa shape index (κ2) is 6.92. The molecule has 8 fully saturated rings. The molecule has 4 saturated carbocycles. The van der Waals surface area contributed by atoms with Gasteiger partial charge in [-0.1, -0.05) is 6.92 Å². The number of aldehydes is 1. The van der Waals surface area contributed by atoms with Crippen LogP contribution in [0.2, 0.25) is 0 Å². The number of esters is 1. The Kier molecular flexibility index (Phi) is 4.28. The fraction of sp³-hybridized carbons (Fsp3) is 0.750. The van der Waals surface area contributed by atoms with E-state index < -0.39 is 35.2 Å². The van der Waals surface area contributed by atoms with Gasteiger partial charge in [-0.15, -0.1) is 0 Å². The molecule has 198 valence electrons. The van der Waals surface area contributed by atoms with Gasteiger partial charge in [-0.3, -0.25) is 4.79 Å². The minimum absolute atomic E-state index is 0.0146. The molecule has 1 spiro atoms. The summed E-state index contributed by atoms with van der Waals surface area (Å²) in [6.07, 6.45) is 5.18. The third kappa shape index (κ3) is 2.62. The Labute approximate surface area is 214 Å². The van der Waals surface area contributed by atoms with Crippen LogP contribution in [-0.2, 0) is 33.3 Å². The van der Waals surface area contributed by atoms with E-state index >= 15 is 0 Å². The number of carbonyl (C=O) groups excluding carboxylic acids is 2. The van der Waals surface area contributed by atoms with Crippen molar-refractivity contribution in [2.45, 2.75) is 101 Å². The number of rotatable bonds is 3. The summed E-state index contributed by atoms with van der Waals surface area (Å²) in [5, 5.41) is 0. The summed E-state index contributed by atoms with van der Waals surface area (Å²) in [6.45, 7) is 5.49. The highest BCUT2D eigenvalue weighted by molar-refractivity contribution is 5.69. The Hall–Kier alpha value is -2.07. The highest BCUT2D eigenvalue weighted by Crippen LogP contribution is 2.75. The molecule has 0 N–H and O–H groups in total. The first-order valence-corrected chi connectivity index (χ1v) is 13.6. The summed E-state index contributed by atoms with van der Waals surface area (Å²) in [5.74, 6) is -0.992. The quantitative estimate of drug-likeness (QED) is 0.343. The van der Waals surface area contributed by atoms with Gasteiger partial charge in [0.2, 0.25) is 0 Å². The van der Waals surface area contributed by atoms with Gasteiger partial charge >= 0.3 is 11.6 Å². The number of hydrogen-bond donors (Lipinski definition) is 0. The first kappa shape index (κ1) is 22.9. The van der Waals surface area contributed by atoms with Gasteiger partial charge in [0.1, 0.15) is 18.5 Å². The predicted octanol–water partition coefficient (Wildman–Crippen LogP) is 2.69. The van der Waals surface area contributed by atoms with Gasteiger partial charge in [0.25, 0.3) is 5.97 Å². The lowest BCUT2D eigenvalue weighted by Crippen LogP contribution is -2.84. The molecule has 0 aromatic carbocycles. The summed E-state index contributed by atoms with van der Waals surface area (Å²) >= 11 is 0. The minimum Gasteiger partial charge on any atom is -0.457 e. The average molecular weight is 513 g/mol. The first-order valence-electron chi connectivity index (χ1n) is 13.6.